The van der Waals surface area contributed by atoms with Crippen molar-refractivity contribution in [2.45, 2.75) is 109 Å². The van der Waals surface area contributed by atoms with E-state index in [9.17, 15) is 73.8 Å². The molecule has 9 amide bonds. The summed E-state index contributed by atoms with van der Waals surface area (Å²) in [5, 5.41) is 65.0. The van der Waals surface area contributed by atoms with Crippen molar-refractivity contribution < 1.29 is 73.8 Å². The number of nitrogen functional groups attached to an aromatic ring is 2. The number of carbonyl (C=O) groups excluding carboxylic acids is 9. The van der Waals surface area contributed by atoms with Gasteiger partial charge in [0, 0.05) is 78.2 Å². The fourth-order valence-electron chi connectivity index (χ4n) is 7.14. The number of nitrogens with zero attached hydrogens (tertiary/aromatic N) is 8. The van der Waals surface area contributed by atoms with E-state index in [4.69, 9.17) is 17.2 Å². The Balaban J connectivity index is 1.56. The van der Waals surface area contributed by atoms with Gasteiger partial charge in [0.2, 0.25) is 53.2 Å². The number of carboxylic acids is 1. The van der Waals surface area contributed by atoms with Crippen LogP contribution in [0, 0.1) is 0 Å². The second-order valence-electron chi connectivity index (χ2n) is 17.8. The van der Waals surface area contributed by atoms with Crippen LogP contribution in [0.25, 0.3) is 11.2 Å². The minimum atomic E-state index is -1.63. The van der Waals surface area contributed by atoms with Crippen molar-refractivity contribution in [2.24, 2.45) is 5.73 Å². The van der Waals surface area contributed by atoms with Gasteiger partial charge in [-0.2, -0.15) is 9.97 Å². The van der Waals surface area contributed by atoms with E-state index in [1.165, 1.54) is 18.3 Å². The Kier molecular flexibility index (Phi) is 25.8. The third-order valence-corrected chi connectivity index (χ3v) is 11.6. The smallest absolute Gasteiger partial charge is 0.326 e. The number of fused-ring (bicyclic) bond motifs is 1. The van der Waals surface area contributed by atoms with Gasteiger partial charge in [-0.05, 0) is 69.2 Å². The number of aliphatic carboxylic acids is 1. The van der Waals surface area contributed by atoms with Gasteiger partial charge < -0.3 is 64.2 Å². The third-order valence-electron chi connectivity index (χ3n) is 11.6. The molecule has 32 heteroatoms. The van der Waals surface area contributed by atoms with Crippen molar-refractivity contribution in [3.63, 3.8) is 0 Å². The molecule has 78 heavy (non-hydrogen) atoms. The van der Waals surface area contributed by atoms with Crippen LogP contribution in [0.5, 0.6) is 0 Å². The van der Waals surface area contributed by atoms with Gasteiger partial charge in [0.15, 0.2) is 17.0 Å². The highest BCUT2D eigenvalue weighted by molar-refractivity contribution is 5.97. The molecule has 2 aromatic heterocycles. The van der Waals surface area contributed by atoms with Crippen molar-refractivity contribution in [1.82, 2.24) is 67.0 Å². The van der Waals surface area contributed by atoms with E-state index in [-0.39, 0.29) is 119 Å². The highest BCUT2D eigenvalue weighted by Gasteiger charge is 2.31. The molecule has 428 valence electrons. The number of hydrogen-bond acceptors (Lipinski definition) is 22. The van der Waals surface area contributed by atoms with E-state index in [0.717, 1.165) is 20.8 Å². The molecule has 0 saturated heterocycles. The summed E-state index contributed by atoms with van der Waals surface area (Å²) in [6.07, 6.45) is 0.238. The van der Waals surface area contributed by atoms with E-state index >= 15 is 0 Å². The number of rotatable bonds is 32. The molecule has 3 aromatic rings. The molecule has 0 fully saturated rings. The minimum Gasteiger partial charge on any atom is -0.480 e. The average Bonchev–Trinajstić information content (AvgIpc) is 3.42. The zero-order valence-electron chi connectivity index (χ0n) is 43.5. The molecule has 2 heterocycles. The van der Waals surface area contributed by atoms with Gasteiger partial charge in [-0.15, -0.1) is 0 Å². The van der Waals surface area contributed by atoms with Gasteiger partial charge in [-0.25, -0.2) is 30.0 Å². The molecule has 0 spiro atoms. The fourth-order valence-corrected chi connectivity index (χ4v) is 7.14. The van der Waals surface area contributed by atoms with Gasteiger partial charge in [-0.1, -0.05) is 0 Å². The molecule has 0 unspecified atom stereocenters. The summed E-state index contributed by atoms with van der Waals surface area (Å²) in [6, 6.07) is -1.08. The molecule has 5 atom stereocenters. The zero-order chi connectivity index (χ0) is 58.2. The number of hydroxylamine groups is 6. The number of aliphatic hydroxyl groups excluding tert-OH is 1. The molecule has 0 radical (unpaired) electrons. The number of carbonyl (C=O) groups is 10. The van der Waals surface area contributed by atoms with Gasteiger partial charge in [0.1, 0.15) is 24.2 Å². The molecule has 0 bridgehead atoms. The van der Waals surface area contributed by atoms with Gasteiger partial charge in [0.25, 0.3) is 5.91 Å². The second kappa shape index (κ2) is 31.6. The third kappa shape index (κ3) is 21.3. The van der Waals surface area contributed by atoms with Crippen LogP contribution in [0.2, 0.25) is 0 Å². The highest BCUT2D eigenvalue weighted by atomic mass is 16.5. The van der Waals surface area contributed by atoms with Crippen molar-refractivity contribution in [1.29, 1.82) is 0 Å². The Bertz CT molecular complexity index is 2600. The lowest BCUT2D eigenvalue weighted by atomic mass is 10.1. The van der Waals surface area contributed by atoms with Crippen LogP contribution in [0.3, 0.4) is 0 Å². The van der Waals surface area contributed by atoms with Crippen LogP contribution in [-0.4, -0.2) is 197 Å². The van der Waals surface area contributed by atoms with Crippen LogP contribution in [0.15, 0.2) is 30.5 Å². The normalized spacial score (nSPS) is 12.8. The summed E-state index contributed by atoms with van der Waals surface area (Å²) in [7, 11) is 1.77. The van der Waals surface area contributed by atoms with Crippen LogP contribution < -0.4 is 54.0 Å². The first-order valence-electron chi connectivity index (χ1n) is 24.4. The van der Waals surface area contributed by atoms with Crippen LogP contribution in [-0.2, 0) is 49.7 Å². The Hall–Kier alpha value is -8.46. The Morgan fingerprint density at radius 3 is 1.67 bits per heavy atom. The molecule has 17 N–H and O–H groups in total. The first kappa shape index (κ1) is 63.8. The minimum absolute atomic E-state index is 0.0380. The zero-order valence-corrected chi connectivity index (χ0v) is 43.5. The highest BCUT2D eigenvalue weighted by Crippen LogP contribution is 2.19. The van der Waals surface area contributed by atoms with Crippen molar-refractivity contribution in [3.05, 3.63) is 41.7 Å². The topological polar surface area (TPSA) is 487 Å². The number of hydrogen-bond donors (Lipinski definition) is 14. The van der Waals surface area contributed by atoms with Crippen LogP contribution >= 0.6 is 0 Å². The van der Waals surface area contributed by atoms with Crippen molar-refractivity contribution in [2.75, 3.05) is 62.7 Å². The SMILES string of the molecule is CC(=O)N(O)CCC[C@H](NC(=O)[C@H](CCCN(O)C(C)=O)NC(=O)[C@@H](N)CCCN(O)C(C)=O)C(=O)N[C@H](CO)C(=O)NCCNC(=O)CC[C@@H](NC(=O)c1ccc(N(C)Cc2cnc3nc(N)nc(N)c3n2)cc1)C(=O)O. The predicted octanol–water partition coefficient (Wildman–Crippen LogP) is -3.76. The lowest BCUT2D eigenvalue weighted by molar-refractivity contribution is -0.163. The summed E-state index contributed by atoms with van der Waals surface area (Å²) in [6.45, 7) is 1.43. The molecule has 3 rings (SSSR count). The molecule has 0 aliphatic rings. The van der Waals surface area contributed by atoms with E-state index < -0.39 is 96.0 Å². The lowest BCUT2D eigenvalue weighted by Gasteiger charge is -2.26. The maximum absolute atomic E-state index is 13.8. The van der Waals surface area contributed by atoms with Gasteiger partial charge in [-0.3, -0.25) is 58.8 Å². The molecule has 0 aliphatic carbocycles. The molecule has 1 aromatic carbocycles. The Labute approximate surface area is 446 Å². The summed E-state index contributed by atoms with van der Waals surface area (Å²) in [4.78, 5) is 144. The number of benzene rings is 1. The maximum Gasteiger partial charge on any atom is 0.326 e. The molecular formula is C46H69N17O15. The number of aliphatic hydroxyl groups is 1. The monoisotopic (exact) mass is 1100 g/mol. The largest absolute Gasteiger partial charge is 0.480 e. The first-order chi connectivity index (χ1) is 36.8. The second-order valence-corrected chi connectivity index (χ2v) is 17.8. The van der Waals surface area contributed by atoms with E-state index in [1.807, 2.05) is 4.90 Å². The number of aromatic nitrogens is 4. The number of nitrogens with two attached hydrogens (primary N) is 3. The number of amides is 9. The number of carboxylic acid groups (broad SMARTS) is 1. The quantitative estimate of drug-likeness (QED) is 0.0162. The molecular weight excluding hydrogens is 1030 g/mol. The van der Waals surface area contributed by atoms with E-state index in [1.54, 1.807) is 19.2 Å². The fraction of sp³-hybridized carbons (Fsp3) is 0.522. The lowest BCUT2D eigenvalue weighted by Crippen LogP contribution is -2.58. The van der Waals surface area contributed by atoms with Crippen molar-refractivity contribution >= 4 is 87.8 Å². The Morgan fingerprint density at radius 2 is 1.14 bits per heavy atom. The number of nitrogens with one attached hydrogen (secondary N) is 6. The molecule has 0 aliphatic heterocycles. The average molecular weight is 1100 g/mol. The van der Waals surface area contributed by atoms with Gasteiger partial charge in [0.05, 0.1) is 31.1 Å². The van der Waals surface area contributed by atoms with Crippen LogP contribution in [0.4, 0.5) is 17.5 Å². The van der Waals surface area contributed by atoms with Gasteiger partial charge >= 0.3 is 5.97 Å². The maximum atomic E-state index is 13.8. The molecule has 32 nitrogen and oxygen atoms in total. The van der Waals surface area contributed by atoms with E-state index in [0.29, 0.717) is 26.6 Å². The van der Waals surface area contributed by atoms with Crippen molar-refractivity contribution in [3.8, 4) is 0 Å². The summed E-state index contributed by atoms with van der Waals surface area (Å²) < 4.78 is 0. The Morgan fingerprint density at radius 1 is 0.628 bits per heavy atom. The number of anilines is 3. The standard InChI is InChI=1S/C46H69N17O15/c1-25(65)61(76)19-5-8-31(47)41(70)54-32(9-6-20-62(77)26(2)66)43(72)55-33(10-7-21-63(78)27(3)67)44(73)57-35(24-64)42(71)51-18-17-50-36(68)16-15-34(45(74)75)56-40(69)28-11-13-30(14-12-28)60(4)23-29-22-52-39-37(53-29)38(48)58-46(49)59-39/h11-14,22,31-35,64,76-78H,5-10,15-21,23-24,47H2,1-4H3,(H,50,68)(H,51,71)(H,54,70)(H,55,72)(H,56,69)(H,57,73)(H,74,75)(H4,48,49,52,58,59)/t31-,32-,33-,34+,35+/m0/s1. The van der Waals surface area contributed by atoms with E-state index in [2.05, 4.69) is 51.8 Å². The first-order valence-corrected chi connectivity index (χ1v) is 24.4. The molecule has 0 saturated carbocycles. The summed E-state index contributed by atoms with van der Waals surface area (Å²) >= 11 is 0. The predicted molar refractivity (Wildman–Crippen MR) is 273 cm³/mol. The summed E-state index contributed by atoms with van der Waals surface area (Å²) in [5.41, 5.74) is 19.4. The van der Waals surface area contributed by atoms with Crippen LogP contribution in [0.1, 0.15) is 88.2 Å². The summed E-state index contributed by atoms with van der Waals surface area (Å²) in [5.74, 6) is -8.60.